The summed E-state index contributed by atoms with van der Waals surface area (Å²) in [5.74, 6) is 1.80. The largest absolute Gasteiger partial charge is 0.494 e. The Morgan fingerprint density at radius 3 is 2.63 bits per heavy atom. The molecule has 4 rings (SSSR count). The summed E-state index contributed by atoms with van der Waals surface area (Å²) in [6.07, 6.45) is 6.14. The highest BCUT2D eigenvalue weighted by Gasteiger charge is 2.33. The number of rotatable bonds is 11. The monoisotopic (exact) mass is 475 g/mol. The zero-order valence-corrected chi connectivity index (χ0v) is 20.6. The van der Waals surface area contributed by atoms with E-state index >= 15 is 0 Å². The molecule has 0 bridgehead atoms. The van der Waals surface area contributed by atoms with E-state index in [1.165, 1.54) is 25.6 Å². The standard InChI is InChI=1S/C27H33N5O3/c1-4-6-7-10-17-35-21-15-13-20(14-16-21)25-24(19(3)30-27-28-18-29-32(25)27)26(33)31-22-11-8-9-12-23(22)34-5-2/h8-9,11-16,18,25H,4-7,10,17H2,1-3H3,(H,31,33)(H,28,29,30). The molecule has 0 radical (unpaired) electrons. The van der Waals surface area contributed by atoms with Gasteiger partial charge >= 0.3 is 0 Å². The van der Waals surface area contributed by atoms with Crippen LogP contribution in [0.15, 0.2) is 66.1 Å². The quantitative estimate of drug-likeness (QED) is 0.353. The average Bonchev–Trinajstić information content (AvgIpc) is 3.33. The molecule has 0 aliphatic carbocycles. The SMILES string of the molecule is CCCCCCOc1ccc(C2C(C(=O)Nc3ccccc3OCC)=C(C)Nc3ncnn32)cc1. The number of ether oxygens (including phenoxy) is 2. The number of amides is 1. The van der Waals surface area contributed by atoms with Crippen LogP contribution in [0.1, 0.15) is 58.1 Å². The molecule has 1 amide bonds. The zero-order valence-electron chi connectivity index (χ0n) is 20.6. The van der Waals surface area contributed by atoms with Gasteiger partial charge in [-0.05, 0) is 50.1 Å². The lowest BCUT2D eigenvalue weighted by molar-refractivity contribution is -0.113. The van der Waals surface area contributed by atoms with E-state index in [0.717, 1.165) is 23.4 Å². The highest BCUT2D eigenvalue weighted by Crippen LogP contribution is 2.36. The van der Waals surface area contributed by atoms with Crippen LogP contribution < -0.4 is 20.1 Å². The number of anilines is 2. The fourth-order valence-electron chi connectivity index (χ4n) is 4.20. The first kappa shape index (κ1) is 24.3. The van der Waals surface area contributed by atoms with E-state index in [9.17, 15) is 4.79 Å². The summed E-state index contributed by atoms with van der Waals surface area (Å²) in [5.41, 5.74) is 2.81. The van der Waals surface area contributed by atoms with Crippen molar-refractivity contribution in [1.29, 1.82) is 0 Å². The van der Waals surface area contributed by atoms with Crippen LogP contribution in [-0.2, 0) is 4.79 Å². The fourth-order valence-corrected chi connectivity index (χ4v) is 4.20. The first-order valence-electron chi connectivity index (χ1n) is 12.3. The third-order valence-electron chi connectivity index (χ3n) is 5.94. The second-order valence-electron chi connectivity index (χ2n) is 8.46. The smallest absolute Gasteiger partial charge is 0.255 e. The van der Waals surface area contributed by atoms with E-state index in [1.54, 1.807) is 4.68 Å². The third-order valence-corrected chi connectivity index (χ3v) is 5.94. The predicted octanol–water partition coefficient (Wildman–Crippen LogP) is 5.56. The summed E-state index contributed by atoms with van der Waals surface area (Å²) in [5, 5.41) is 10.6. The molecule has 3 aromatic rings. The summed E-state index contributed by atoms with van der Waals surface area (Å²) in [6.45, 7) is 7.20. The van der Waals surface area contributed by atoms with Crippen LogP contribution in [0.25, 0.3) is 0 Å². The Kier molecular flexibility index (Phi) is 8.03. The molecule has 0 saturated heterocycles. The maximum atomic E-state index is 13.6. The Labute approximate surface area is 206 Å². The fraction of sp³-hybridized carbons (Fsp3) is 0.370. The number of benzene rings is 2. The third kappa shape index (κ3) is 5.65. The predicted molar refractivity (Wildman–Crippen MR) is 137 cm³/mol. The molecule has 1 aliphatic heterocycles. The summed E-state index contributed by atoms with van der Waals surface area (Å²) in [6, 6.07) is 14.8. The number of nitrogens with one attached hydrogen (secondary N) is 2. The minimum Gasteiger partial charge on any atom is -0.494 e. The van der Waals surface area contributed by atoms with Gasteiger partial charge in [0.25, 0.3) is 5.91 Å². The molecule has 184 valence electrons. The normalized spacial score (nSPS) is 14.8. The highest BCUT2D eigenvalue weighted by molar-refractivity contribution is 6.06. The Hall–Kier alpha value is -3.81. The van der Waals surface area contributed by atoms with Crippen molar-refractivity contribution in [1.82, 2.24) is 14.8 Å². The van der Waals surface area contributed by atoms with Crippen LogP contribution in [0.3, 0.4) is 0 Å². The lowest BCUT2D eigenvalue weighted by atomic mass is 9.95. The Morgan fingerprint density at radius 2 is 1.86 bits per heavy atom. The van der Waals surface area contributed by atoms with Crippen LogP contribution in [0.4, 0.5) is 11.6 Å². The molecule has 1 atom stereocenters. The van der Waals surface area contributed by atoms with Gasteiger partial charge in [-0.1, -0.05) is 50.5 Å². The van der Waals surface area contributed by atoms with Crippen molar-refractivity contribution in [2.75, 3.05) is 23.8 Å². The van der Waals surface area contributed by atoms with Crippen molar-refractivity contribution in [3.8, 4) is 11.5 Å². The van der Waals surface area contributed by atoms with E-state index in [-0.39, 0.29) is 5.91 Å². The van der Waals surface area contributed by atoms with Crippen molar-refractivity contribution < 1.29 is 14.3 Å². The molecular formula is C27H33N5O3. The zero-order chi connectivity index (χ0) is 24.6. The maximum absolute atomic E-state index is 13.6. The molecule has 8 nitrogen and oxygen atoms in total. The number of allylic oxidation sites excluding steroid dienone is 1. The van der Waals surface area contributed by atoms with E-state index in [0.29, 0.717) is 36.2 Å². The summed E-state index contributed by atoms with van der Waals surface area (Å²) >= 11 is 0. The van der Waals surface area contributed by atoms with Gasteiger partial charge in [-0.25, -0.2) is 4.68 Å². The van der Waals surface area contributed by atoms with Crippen LogP contribution in [0, 0.1) is 0 Å². The number of unbranched alkanes of at least 4 members (excludes halogenated alkanes) is 3. The van der Waals surface area contributed by atoms with Gasteiger partial charge in [0.05, 0.1) is 24.5 Å². The summed E-state index contributed by atoms with van der Waals surface area (Å²) in [7, 11) is 0. The number of carbonyl (C=O) groups excluding carboxylic acids is 1. The first-order valence-corrected chi connectivity index (χ1v) is 12.3. The van der Waals surface area contributed by atoms with Gasteiger partial charge in [0.15, 0.2) is 0 Å². The minimum absolute atomic E-state index is 0.232. The molecule has 2 aromatic carbocycles. The minimum atomic E-state index is -0.438. The van der Waals surface area contributed by atoms with Crippen LogP contribution in [0.2, 0.25) is 0 Å². The number of aromatic nitrogens is 3. The molecule has 35 heavy (non-hydrogen) atoms. The van der Waals surface area contributed by atoms with Crippen LogP contribution in [-0.4, -0.2) is 33.9 Å². The Morgan fingerprint density at radius 1 is 1.06 bits per heavy atom. The van der Waals surface area contributed by atoms with Gasteiger partial charge in [0, 0.05) is 5.70 Å². The van der Waals surface area contributed by atoms with E-state index in [4.69, 9.17) is 9.47 Å². The number of fused-ring (bicyclic) bond motifs is 1. The van der Waals surface area contributed by atoms with E-state index < -0.39 is 6.04 Å². The molecule has 8 heteroatoms. The Bertz CT molecular complexity index is 1170. The van der Waals surface area contributed by atoms with Crippen molar-refractivity contribution in [3.63, 3.8) is 0 Å². The van der Waals surface area contributed by atoms with Crippen molar-refractivity contribution >= 4 is 17.5 Å². The maximum Gasteiger partial charge on any atom is 0.255 e. The number of hydrogen-bond donors (Lipinski definition) is 2. The summed E-state index contributed by atoms with van der Waals surface area (Å²) in [4.78, 5) is 17.9. The molecule has 0 spiro atoms. The number of para-hydroxylation sites is 2. The van der Waals surface area contributed by atoms with Gasteiger partial charge in [-0.3, -0.25) is 4.79 Å². The van der Waals surface area contributed by atoms with Crippen LogP contribution >= 0.6 is 0 Å². The van der Waals surface area contributed by atoms with Crippen LogP contribution in [0.5, 0.6) is 11.5 Å². The van der Waals surface area contributed by atoms with Gasteiger partial charge < -0.3 is 20.1 Å². The Balaban J connectivity index is 1.58. The molecule has 2 N–H and O–H groups in total. The van der Waals surface area contributed by atoms with Gasteiger partial charge in [-0.2, -0.15) is 10.1 Å². The lowest BCUT2D eigenvalue weighted by Gasteiger charge is -2.29. The second kappa shape index (κ2) is 11.6. The topological polar surface area (TPSA) is 90.3 Å². The van der Waals surface area contributed by atoms with Crippen molar-refractivity contribution in [3.05, 3.63) is 71.7 Å². The molecule has 1 aliphatic rings. The van der Waals surface area contributed by atoms with E-state index in [2.05, 4.69) is 27.6 Å². The lowest BCUT2D eigenvalue weighted by Crippen LogP contribution is -2.31. The van der Waals surface area contributed by atoms with Crippen molar-refractivity contribution in [2.24, 2.45) is 0 Å². The van der Waals surface area contributed by atoms with Gasteiger partial charge in [-0.15, -0.1) is 0 Å². The number of nitrogens with zero attached hydrogens (tertiary/aromatic N) is 3. The molecule has 2 heterocycles. The number of hydrogen-bond acceptors (Lipinski definition) is 6. The second-order valence-corrected chi connectivity index (χ2v) is 8.46. The first-order chi connectivity index (χ1) is 17.1. The van der Waals surface area contributed by atoms with Crippen molar-refractivity contribution in [2.45, 2.75) is 52.5 Å². The number of carbonyl (C=O) groups is 1. The molecule has 0 saturated carbocycles. The van der Waals surface area contributed by atoms with E-state index in [1.807, 2.05) is 62.4 Å². The summed E-state index contributed by atoms with van der Waals surface area (Å²) < 4.78 is 13.3. The molecule has 1 unspecified atom stereocenters. The highest BCUT2D eigenvalue weighted by atomic mass is 16.5. The molecular weight excluding hydrogens is 442 g/mol. The molecule has 1 aromatic heterocycles. The van der Waals surface area contributed by atoms with Gasteiger partial charge in [0.2, 0.25) is 5.95 Å². The molecule has 0 fully saturated rings. The van der Waals surface area contributed by atoms with Gasteiger partial charge in [0.1, 0.15) is 23.9 Å². The average molecular weight is 476 g/mol.